The number of aryl methyl sites for hydroxylation is 1. The summed E-state index contributed by atoms with van der Waals surface area (Å²) in [7, 11) is 2.73. The summed E-state index contributed by atoms with van der Waals surface area (Å²) < 4.78 is 7.35. The molecule has 1 aliphatic rings. The number of piperidine rings is 1. The molecule has 0 saturated carbocycles. The second kappa shape index (κ2) is 8.09. The van der Waals surface area contributed by atoms with Crippen LogP contribution in [0.15, 0.2) is 34.2 Å². The zero-order valence-corrected chi connectivity index (χ0v) is 17.0. The van der Waals surface area contributed by atoms with Crippen LogP contribution >= 0.6 is 0 Å². The number of pyridine rings is 1. The molecule has 11 nitrogen and oxygen atoms in total. The normalized spacial score (nSPS) is 14.6. The van der Waals surface area contributed by atoms with Crippen molar-refractivity contribution in [1.82, 2.24) is 24.1 Å². The largest absolute Gasteiger partial charge is 0.465 e. The van der Waals surface area contributed by atoms with Crippen molar-refractivity contribution in [2.75, 3.05) is 25.1 Å². The Balaban J connectivity index is 1.68. The van der Waals surface area contributed by atoms with Crippen molar-refractivity contribution in [3.05, 3.63) is 56.5 Å². The Morgan fingerprint density at radius 2 is 1.77 bits per heavy atom. The quantitative estimate of drug-likeness (QED) is 0.330. The minimum atomic E-state index is -0.688. The molecular weight excluding hydrogens is 404 g/mol. The molecule has 4 rings (SSSR count). The number of nitrogens with zero attached hydrogens (tertiary/aromatic N) is 6. The predicted molar refractivity (Wildman–Crippen MR) is 110 cm³/mol. The third kappa shape index (κ3) is 3.58. The number of carbonyl (C=O) groups excluding carboxylic acids is 2. The van der Waals surface area contributed by atoms with Crippen LogP contribution in [0.1, 0.15) is 39.6 Å². The third-order valence-corrected chi connectivity index (χ3v) is 5.47. The monoisotopic (exact) mass is 424 g/mol. The minimum Gasteiger partial charge on any atom is -0.465 e. The number of ether oxygens (including phenoxy) is 1. The van der Waals surface area contributed by atoms with Crippen LogP contribution in [0.5, 0.6) is 0 Å². The Morgan fingerprint density at radius 1 is 1.10 bits per heavy atom. The molecular formula is C20H20N6O5. The molecule has 0 unspecified atom stereocenters. The van der Waals surface area contributed by atoms with E-state index in [1.807, 2.05) is 4.90 Å². The highest BCUT2D eigenvalue weighted by atomic mass is 16.5. The van der Waals surface area contributed by atoms with Crippen LogP contribution in [-0.4, -0.2) is 56.5 Å². The lowest BCUT2D eigenvalue weighted by Gasteiger charge is -2.33. The Kier molecular flexibility index (Phi) is 5.32. The van der Waals surface area contributed by atoms with Gasteiger partial charge in [0.05, 0.1) is 23.8 Å². The number of fused-ring (bicyclic) bond motifs is 1. The maximum Gasteiger partial charge on any atom is 0.339 e. The molecule has 160 valence electrons. The van der Waals surface area contributed by atoms with Gasteiger partial charge in [0.1, 0.15) is 0 Å². The van der Waals surface area contributed by atoms with Gasteiger partial charge in [-0.3, -0.25) is 19.0 Å². The van der Waals surface area contributed by atoms with Gasteiger partial charge in [-0.25, -0.2) is 19.7 Å². The van der Waals surface area contributed by atoms with Crippen molar-refractivity contribution >= 4 is 29.4 Å². The molecule has 0 amide bonds. The summed E-state index contributed by atoms with van der Waals surface area (Å²) in [6.45, 7) is 1.13. The van der Waals surface area contributed by atoms with Crippen molar-refractivity contribution in [1.29, 1.82) is 0 Å². The number of hydrogen-bond donors (Lipinski definition) is 0. The molecule has 3 aromatic heterocycles. The smallest absolute Gasteiger partial charge is 0.339 e. The highest BCUT2D eigenvalue weighted by Gasteiger charge is 2.26. The van der Waals surface area contributed by atoms with Gasteiger partial charge in [-0.05, 0) is 18.9 Å². The van der Waals surface area contributed by atoms with Crippen LogP contribution in [-0.2, 0) is 11.8 Å². The maximum absolute atomic E-state index is 12.8. The van der Waals surface area contributed by atoms with E-state index in [1.54, 1.807) is 0 Å². The van der Waals surface area contributed by atoms with E-state index in [0.29, 0.717) is 54.9 Å². The van der Waals surface area contributed by atoms with Crippen molar-refractivity contribution in [2.24, 2.45) is 7.05 Å². The molecule has 11 heteroatoms. The number of rotatable bonds is 4. The van der Waals surface area contributed by atoms with Gasteiger partial charge in [-0.2, -0.15) is 0 Å². The summed E-state index contributed by atoms with van der Waals surface area (Å²) in [5.41, 5.74) is -0.0347. The number of esters is 1. The summed E-state index contributed by atoms with van der Waals surface area (Å²) in [6.07, 6.45) is 6.09. The first-order valence-electron chi connectivity index (χ1n) is 9.66. The Morgan fingerprint density at radius 3 is 2.39 bits per heavy atom. The van der Waals surface area contributed by atoms with Crippen LogP contribution in [0.4, 0.5) is 5.95 Å². The van der Waals surface area contributed by atoms with Gasteiger partial charge in [-0.15, -0.1) is 0 Å². The molecule has 4 heterocycles. The molecule has 0 spiro atoms. The Labute approximate surface area is 175 Å². The molecule has 3 aromatic rings. The maximum atomic E-state index is 12.8. The van der Waals surface area contributed by atoms with Crippen LogP contribution in [0, 0.1) is 0 Å². The fraction of sp³-hybridized carbons (Fsp3) is 0.350. The second-order valence-electron chi connectivity index (χ2n) is 7.25. The van der Waals surface area contributed by atoms with Crippen LogP contribution < -0.4 is 16.0 Å². The second-order valence-corrected chi connectivity index (χ2v) is 7.25. The van der Waals surface area contributed by atoms with E-state index in [1.165, 1.54) is 47.9 Å². The summed E-state index contributed by atoms with van der Waals surface area (Å²) in [6, 6.07) is 1.26. The van der Waals surface area contributed by atoms with E-state index in [-0.39, 0.29) is 11.6 Å². The average molecular weight is 424 g/mol. The minimum absolute atomic E-state index is 0.195. The summed E-state index contributed by atoms with van der Waals surface area (Å²) in [4.78, 5) is 62.7. The summed E-state index contributed by atoms with van der Waals surface area (Å²) in [5, 5.41) is 0. The lowest BCUT2D eigenvalue weighted by molar-refractivity contribution is 0.0600. The van der Waals surface area contributed by atoms with Gasteiger partial charge in [0.2, 0.25) is 5.95 Å². The van der Waals surface area contributed by atoms with Crippen molar-refractivity contribution in [3.8, 4) is 0 Å². The van der Waals surface area contributed by atoms with E-state index >= 15 is 0 Å². The molecule has 0 bridgehead atoms. The van der Waals surface area contributed by atoms with Crippen molar-refractivity contribution in [3.63, 3.8) is 0 Å². The number of methoxy groups -OCH3 is 1. The van der Waals surface area contributed by atoms with E-state index in [4.69, 9.17) is 4.74 Å². The van der Waals surface area contributed by atoms with E-state index in [2.05, 4.69) is 15.0 Å². The number of hydrogen-bond acceptors (Lipinski definition) is 9. The average Bonchev–Trinajstić information content (AvgIpc) is 2.82. The SMILES string of the molecule is COC(=O)c1cnc2c(c1)n(C)c(=O)c(=O)n2C1CCN(c2ncc(C=O)cn2)CC1. The zero-order chi connectivity index (χ0) is 22.1. The highest BCUT2D eigenvalue weighted by molar-refractivity contribution is 5.92. The van der Waals surface area contributed by atoms with E-state index < -0.39 is 17.1 Å². The first kappa shape index (κ1) is 20.4. The number of anilines is 1. The van der Waals surface area contributed by atoms with Gasteiger partial charge < -0.3 is 14.2 Å². The third-order valence-electron chi connectivity index (χ3n) is 5.47. The molecule has 0 aromatic carbocycles. The molecule has 1 saturated heterocycles. The van der Waals surface area contributed by atoms with Gasteiger partial charge in [0.15, 0.2) is 11.9 Å². The number of aldehydes is 1. The van der Waals surface area contributed by atoms with Gasteiger partial charge in [0.25, 0.3) is 0 Å². The number of carbonyl (C=O) groups is 2. The molecule has 1 fully saturated rings. The van der Waals surface area contributed by atoms with Gasteiger partial charge >= 0.3 is 17.1 Å². The molecule has 1 aliphatic heterocycles. The fourth-order valence-electron chi connectivity index (χ4n) is 3.78. The van der Waals surface area contributed by atoms with Gasteiger partial charge in [-0.1, -0.05) is 0 Å². The lowest BCUT2D eigenvalue weighted by Crippen LogP contribution is -2.45. The van der Waals surface area contributed by atoms with E-state index in [0.717, 1.165) is 0 Å². The molecule has 0 N–H and O–H groups in total. The fourth-order valence-corrected chi connectivity index (χ4v) is 3.78. The van der Waals surface area contributed by atoms with Crippen molar-refractivity contribution < 1.29 is 14.3 Å². The van der Waals surface area contributed by atoms with Crippen LogP contribution in [0.2, 0.25) is 0 Å². The predicted octanol–water partition coefficient (Wildman–Crippen LogP) is 0.326. The van der Waals surface area contributed by atoms with Gasteiger partial charge in [0, 0.05) is 44.8 Å². The Bertz CT molecular complexity index is 1270. The lowest BCUT2D eigenvalue weighted by atomic mass is 10.0. The first-order valence-corrected chi connectivity index (χ1v) is 9.66. The molecule has 0 aliphatic carbocycles. The topological polar surface area (TPSA) is 129 Å². The molecule has 0 radical (unpaired) electrons. The summed E-state index contributed by atoms with van der Waals surface area (Å²) in [5.74, 6) is -0.0698. The number of aromatic nitrogens is 5. The van der Waals surface area contributed by atoms with Crippen LogP contribution in [0.3, 0.4) is 0 Å². The Hall–Kier alpha value is -3.89. The first-order chi connectivity index (χ1) is 14.9. The molecule has 31 heavy (non-hydrogen) atoms. The standard InChI is InChI=1S/C20H20N6O5/c1-24-15-7-13(19(30)31-2)10-21-16(15)26(18(29)17(24)28)14-3-5-25(6-4-14)20-22-8-12(11-27)9-23-20/h7-11,14H,3-6H2,1-2H3. The molecule has 0 atom stereocenters. The van der Waals surface area contributed by atoms with E-state index in [9.17, 15) is 19.2 Å². The summed E-state index contributed by atoms with van der Waals surface area (Å²) >= 11 is 0. The highest BCUT2D eigenvalue weighted by Crippen LogP contribution is 2.25. The van der Waals surface area contributed by atoms with Crippen LogP contribution in [0.25, 0.3) is 11.2 Å². The zero-order valence-electron chi connectivity index (χ0n) is 17.0. The van der Waals surface area contributed by atoms with Crippen molar-refractivity contribution in [2.45, 2.75) is 18.9 Å².